The van der Waals surface area contributed by atoms with E-state index in [-0.39, 0.29) is 23.7 Å². The van der Waals surface area contributed by atoms with E-state index in [1.807, 2.05) is 6.92 Å². The van der Waals surface area contributed by atoms with Gasteiger partial charge in [0.2, 0.25) is 0 Å². The summed E-state index contributed by atoms with van der Waals surface area (Å²) < 4.78 is 0. The van der Waals surface area contributed by atoms with Crippen molar-refractivity contribution in [2.24, 2.45) is 0 Å². The summed E-state index contributed by atoms with van der Waals surface area (Å²) in [6, 6.07) is 10.2. The van der Waals surface area contributed by atoms with Crippen molar-refractivity contribution in [3.8, 4) is 0 Å². The van der Waals surface area contributed by atoms with Gasteiger partial charge in [-0.05, 0) is 13.0 Å². The highest BCUT2D eigenvalue weighted by Gasteiger charge is 2.19. The molecule has 0 unspecified atom stereocenters. The minimum absolute atomic E-state index is 0.0565. The number of benzene rings is 2. The lowest BCUT2D eigenvalue weighted by Crippen LogP contribution is -2.14. The van der Waals surface area contributed by atoms with Gasteiger partial charge in [0.1, 0.15) is 5.69 Å². The van der Waals surface area contributed by atoms with Gasteiger partial charge in [-0.3, -0.25) is 25.0 Å². The standard InChI is InChI=1S/C15H13N3O5/c1-10-2-4-11(5-3-10)15(19)9-16-13-7-6-12(17(20)21)8-14(13)18(22)23/h2-8,16H,9H2,1H3. The second kappa shape index (κ2) is 6.65. The van der Waals surface area contributed by atoms with Gasteiger partial charge in [0.05, 0.1) is 22.5 Å². The lowest BCUT2D eigenvalue weighted by atomic mass is 10.1. The van der Waals surface area contributed by atoms with Crippen molar-refractivity contribution in [2.45, 2.75) is 6.92 Å². The molecule has 0 spiro atoms. The average Bonchev–Trinajstić information content (AvgIpc) is 2.52. The summed E-state index contributed by atoms with van der Waals surface area (Å²) >= 11 is 0. The fraction of sp³-hybridized carbons (Fsp3) is 0.133. The first-order valence-corrected chi connectivity index (χ1v) is 6.65. The Balaban J connectivity index is 2.16. The van der Waals surface area contributed by atoms with Crippen LogP contribution in [0.3, 0.4) is 0 Å². The van der Waals surface area contributed by atoms with E-state index in [4.69, 9.17) is 0 Å². The Morgan fingerprint density at radius 1 is 1.04 bits per heavy atom. The minimum atomic E-state index is -0.730. The second-order valence-electron chi connectivity index (χ2n) is 4.86. The van der Waals surface area contributed by atoms with Crippen LogP contribution < -0.4 is 5.32 Å². The number of ketones is 1. The lowest BCUT2D eigenvalue weighted by molar-refractivity contribution is -0.393. The van der Waals surface area contributed by atoms with Gasteiger partial charge >= 0.3 is 0 Å². The van der Waals surface area contributed by atoms with Crippen LogP contribution in [0.1, 0.15) is 15.9 Å². The van der Waals surface area contributed by atoms with E-state index < -0.39 is 15.5 Å². The number of carbonyl (C=O) groups excluding carboxylic acids is 1. The third-order valence-electron chi connectivity index (χ3n) is 3.20. The molecule has 0 aliphatic heterocycles. The quantitative estimate of drug-likeness (QED) is 0.497. The van der Waals surface area contributed by atoms with Crippen molar-refractivity contribution >= 4 is 22.8 Å². The number of hydrogen-bond acceptors (Lipinski definition) is 6. The van der Waals surface area contributed by atoms with Gasteiger partial charge in [-0.1, -0.05) is 29.8 Å². The van der Waals surface area contributed by atoms with Crippen LogP contribution in [0.2, 0.25) is 0 Å². The number of nitro benzene ring substituents is 2. The molecule has 0 amide bonds. The van der Waals surface area contributed by atoms with Crippen molar-refractivity contribution in [1.29, 1.82) is 0 Å². The molecule has 23 heavy (non-hydrogen) atoms. The van der Waals surface area contributed by atoms with Crippen molar-refractivity contribution in [3.63, 3.8) is 0 Å². The summed E-state index contributed by atoms with van der Waals surface area (Å²) in [6.07, 6.45) is 0. The number of anilines is 1. The zero-order valence-corrected chi connectivity index (χ0v) is 12.2. The highest BCUT2D eigenvalue weighted by atomic mass is 16.6. The molecule has 1 N–H and O–H groups in total. The smallest absolute Gasteiger partial charge is 0.299 e. The highest BCUT2D eigenvalue weighted by molar-refractivity contribution is 5.99. The number of nitro groups is 2. The zero-order valence-electron chi connectivity index (χ0n) is 12.2. The van der Waals surface area contributed by atoms with Crippen LogP contribution in [-0.2, 0) is 0 Å². The van der Waals surface area contributed by atoms with E-state index in [9.17, 15) is 25.0 Å². The molecular formula is C15H13N3O5. The molecule has 0 saturated heterocycles. The van der Waals surface area contributed by atoms with Gasteiger partial charge in [0, 0.05) is 11.6 Å². The summed E-state index contributed by atoms with van der Waals surface area (Å²) in [7, 11) is 0. The average molecular weight is 315 g/mol. The Morgan fingerprint density at radius 3 is 2.26 bits per heavy atom. The largest absolute Gasteiger partial charge is 0.372 e. The number of nitrogens with zero attached hydrogens (tertiary/aromatic N) is 2. The number of nitrogens with one attached hydrogen (secondary N) is 1. The van der Waals surface area contributed by atoms with Gasteiger partial charge < -0.3 is 5.32 Å². The Morgan fingerprint density at radius 2 is 1.70 bits per heavy atom. The lowest BCUT2D eigenvalue weighted by Gasteiger charge is -2.07. The van der Waals surface area contributed by atoms with E-state index in [0.717, 1.165) is 17.7 Å². The molecule has 118 valence electrons. The molecule has 0 fully saturated rings. The fourth-order valence-corrected chi connectivity index (χ4v) is 1.95. The third-order valence-corrected chi connectivity index (χ3v) is 3.20. The van der Waals surface area contributed by atoms with Crippen LogP contribution >= 0.6 is 0 Å². The topological polar surface area (TPSA) is 115 Å². The number of carbonyl (C=O) groups is 1. The molecule has 2 aromatic rings. The van der Waals surface area contributed by atoms with Gasteiger partial charge in [-0.15, -0.1) is 0 Å². The SMILES string of the molecule is Cc1ccc(C(=O)CNc2ccc([N+](=O)[O-])cc2[N+](=O)[O-])cc1. The molecule has 0 atom stereocenters. The monoisotopic (exact) mass is 315 g/mol. The maximum absolute atomic E-state index is 12.0. The van der Waals surface area contributed by atoms with E-state index in [0.29, 0.717) is 5.56 Å². The molecule has 0 saturated carbocycles. The number of aryl methyl sites for hydroxylation is 1. The maximum atomic E-state index is 12.0. The van der Waals surface area contributed by atoms with Crippen LogP contribution in [0.4, 0.5) is 17.1 Å². The third kappa shape index (κ3) is 3.88. The Hall–Kier alpha value is -3.29. The first-order valence-electron chi connectivity index (χ1n) is 6.65. The Bertz CT molecular complexity index is 771. The Kier molecular flexibility index (Phi) is 4.65. The van der Waals surface area contributed by atoms with Crippen LogP contribution in [0.25, 0.3) is 0 Å². The number of hydrogen-bond donors (Lipinski definition) is 1. The predicted molar refractivity (Wildman–Crippen MR) is 83.8 cm³/mol. The molecule has 0 aliphatic carbocycles. The van der Waals surface area contributed by atoms with Crippen LogP contribution in [0.15, 0.2) is 42.5 Å². The first-order chi connectivity index (χ1) is 10.9. The van der Waals surface area contributed by atoms with Gasteiger partial charge in [-0.2, -0.15) is 0 Å². The summed E-state index contributed by atoms with van der Waals surface area (Å²) in [5.41, 5.74) is 0.720. The van der Waals surface area contributed by atoms with Gasteiger partial charge in [0.25, 0.3) is 11.4 Å². The molecule has 0 aliphatic rings. The van der Waals surface area contributed by atoms with Crippen LogP contribution in [0, 0.1) is 27.2 Å². The molecule has 8 heteroatoms. The van der Waals surface area contributed by atoms with Crippen molar-refractivity contribution in [2.75, 3.05) is 11.9 Å². The summed E-state index contributed by atoms with van der Waals surface area (Å²) in [6.45, 7) is 1.74. The molecule has 8 nitrogen and oxygen atoms in total. The predicted octanol–water partition coefficient (Wildman–Crippen LogP) is 3.11. The maximum Gasteiger partial charge on any atom is 0.299 e. The molecular weight excluding hydrogens is 302 g/mol. The molecule has 2 rings (SSSR count). The molecule has 0 radical (unpaired) electrons. The summed E-state index contributed by atoms with van der Waals surface area (Å²) in [5.74, 6) is -0.238. The molecule has 0 bridgehead atoms. The first kappa shape index (κ1) is 16.1. The van der Waals surface area contributed by atoms with E-state index in [2.05, 4.69) is 5.32 Å². The Labute approximate surface area is 131 Å². The van der Waals surface area contributed by atoms with Crippen molar-refractivity contribution in [1.82, 2.24) is 0 Å². The van der Waals surface area contributed by atoms with E-state index >= 15 is 0 Å². The van der Waals surface area contributed by atoms with E-state index in [1.165, 1.54) is 6.07 Å². The van der Waals surface area contributed by atoms with Crippen molar-refractivity contribution in [3.05, 3.63) is 73.8 Å². The fourth-order valence-electron chi connectivity index (χ4n) is 1.95. The summed E-state index contributed by atoms with van der Waals surface area (Å²) in [5, 5.41) is 24.3. The number of rotatable bonds is 6. The zero-order chi connectivity index (χ0) is 17.0. The molecule has 2 aromatic carbocycles. The van der Waals surface area contributed by atoms with Gasteiger partial charge in [-0.25, -0.2) is 0 Å². The van der Waals surface area contributed by atoms with Crippen LogP contribution in [0.5, 0.6) is 0 Å². The minimum Gasteiger partial charge on any atom is -0.372 e. The van der Waals surface area contributed by atoms with E-state index in [1.54, 1.807) is 24.3 Å². The van der Waals surface area contributed by atoms with Gasteiger partial charge in [0.15, 0.2) is 5.78 Å². The molecule has 0 heterocycles. The normalized spacial score (nSPS) is 10.1. The van der Waals surface area contributed by atoms with Crippen LogP contribution in [-0.4, -0.2) is 22.2 Å². The second-order valence-corrected chi connectivity index (χ2v) is 4.86. The van der Waals surface area contributed by atoms with Crippen molar-refractivity contribution < 1.29 is 14.6 Å². The number of non-ortho nitro benzene ring substituents is 1. The highest BCUT2D eigenvalue weighted by Crippen LogP contribution is 2.28. The molecule has 0 aromatic heterocycles. The number of Topliss-reactive ketones (excluding diaryl/α,β-unsaturated/α-hetero) is 1. The summed E-state index contributed by atoms with van der Waals surface area (Å²) in [4.78, 5) is 32.3.